The first-order valence-corrected chi connectivity index (χ1v) is 8.10. The van der Waals surface area contributed by atoms with E-state index in [0.717, 1.165) is 12.8 Å². The van der Waals surface area contributed by atoms with E-state index in [4.69, 9.17) is 4.74 Å². The molecule has 7 heteroatoms. The zero-order chi connectivity index (χ0) is 17.5. The fourth-order valence-corrected chi connectivity index (χ4v) is 2.83. The summed E-state index contributed by atoms with van der Waals surface area (Å²) < 4.78 is 4.84. The van der Waals surface area contributed by atoms with Gasteiger partial charge < -0.3 is 15.2 Å². The zero-order valence-electron chi connectivity index (χ0n) is 13.6. The van der Waals surface area contributed by atoms with Crippen LogP contribution in [0.4, 0.5) is 0 Å². The van der Waals surface area contributed by atoms with E-state index in [2.05, 4.69) is 5.32 Å². The van der Waals surface area contributed by atoms with Crippen molar-refractivity contribution in [1.29, 1.82) is 0 Å². The molecule has 7 nitrogen and oxygen atoms in total. The highest BCUT2D eigenvalue weighted by Crippen LogP contribution is 2.24. The third-order valence-electron chi connectivity index (χ3n) is 4.01. The largest absolute Gasteiger partial charge is 0.458 e. The molecule has 0 saturated heterocycles. The quantitative estimate of drug-likeness (QED) is 0.357. The van der Waals surface area contributed by atoms with Gasteiger partial charge in [0, 0.05) is 5.56 Å². The lowest BCUT2D eigenvalue weighted by Gasteiger charge is -2.30. The maximum absolute atomic E-state index is 12.1. The van der Waals surface area contributed by atoms with Gasteiger partial charge in [0.2, 0.25) is 0 Å². The van der Waals surface area contributed by atoms with Gasteiger partial charge in [0.25, 0.3) is 0 Å². The molecule has 130 valence electrons. The lowest BCUT2D eigenvalue weighted by Crippen LogP contribution is -2.42. The molecule has 1 aliphatic rings. The summed E-state index contributed by atoms with van der Waals surface area (Å²) in [6.45, 7) is 1.64. The molecular formula is C17H22N2O5. The molecule has 1 aromatic rings. The van der Waals surface area contributed by atoms with E-state index in [9.17, 15) is 20.0 Å². The van der Waals surface area contributed by atoms with Gasteiger partial charge in [-0.15, -0.1) is 0 Å². The van der Waals surface area contributed by atoms with Gasteiger partial charge in [-0.3, -0.25) is 10.1 Å². The number of aliphatic hydroxyl groups is 1. The first-order valence-electron chi connectivity index (χ1n) is 8.10. The summed E-state index contributed by atoms with van der Waals surface area (Å²) in [6.07, 6.45) is 2.55. The van der Waals surface area contributed by atoms with Crippen LogP contribution in [0.5, 0.6) is 0 Å². The summed E-state index contributed by atoms with van der Waals surface area (Å²) in [7, 11) is 0. The standard InChI is InChI=1S/C17H22N2O5/c1-2-24-17(21)16(19(22)23)15(12-8-4-3-5-9-12)18-13-10-6-7-11-14(13)20/h3-5,8-9,13-14,18,20H,2,6-7,10-11H2,1H3/b16-15+/t13?,14-/m1/s1. The van der Waals surface area contributed by atoms with Crippen LogP contribution in [0.1, 0.15) is 38.2 Å². The van der Waals surface area contributed by atoms with Crippen molar-refractivity contribution in [2.24, 2.45) is 0 Å². The number of carbonyl (C=O) groups is 1. The molecule has 0 bridgehead atoms. The second kappa shape index (κ2) is 8.44. The second-order valence-corrected chi connectivity index (χ2v) is 5.67. The number of nitrogens with zero attached hydrogens (tertiary/aromatic N) is 1. The molecule has 24 heavy (non-hydrogen) atoms. The number of ether oxygens (including phenoxy) is 1. The lowest BCUT2D eigenvalue weighted by atomic mass is 9.92. The van der Waals surface area contributed by atoms with Crippen LogP contribution in [-0.2, 0) is 9.53 Å². The van der Waals surface area contributed by atoms with Crippen LogP contribution < -0.4 is 5.32 Å². The molecular weight excluding hydrogens is 312 g/mol. The fraction of sp³-hybridized carbons (Fsp3) is 0.471. The molecule has 1 saturated carbocycles. The van der Waals surface area contributed by atoms with Gasteiger partial charge >= 0.3 is 11.7 Å². The van der Waals surface area contributed by atoms with Crippen LogP contribution in [0.25, 0.3) is 5.70 Å². The van der Waals surface area contributed by atoms with E-state index in [1.165, 1.54) is 0 Å². The summed E-state index contributed by atoms with van der Waals surface area (Å²) >= 11 is 0. The number of rotatable bonds is 6. The number of esters is 1. The predicted molar refractivity (Wildman–Crippen MR) is 88.4 cm³/mol. The van der Waals surface area contributed by atoms with Crippen molar-refractivity contribution in [3.63, 3.8) is 0 Å². The maximum Gasteiger partial charge on any atom is 0.412 e. The monoisotopic (exact) mass is 334 g/mol. The Hall–Kier alpha value is -2.41. The van der Waals surface area contributed by atoms with Gasteiger partial charge in [-0.2, -0.15) is 0 Å². The molecule has 1 fully saturated rings. The molecule has 1 aromatic carbocycles. The molecule has 1 aliphatic carbocycles. The average Bonchev–Trinajstić information content (AvgIpc) is 2.57. The summed E-state index contributed by atoms with van der Waals surface area (Å²) in [5, 5.41) is 24.7. The van der Waals surface area contributed by atoms with E-state index >= 15 is 0 Å². The van der Waals surface area contributed by atoms with Gasteiger partial charge in [0.1, 0.15) is 5.70 Å². The van der Waals surface area contributed by atoms with E-state index in [1.807, 2.05) is 0 Å². The smallest absolute Gasteiger partial charge is 0.412 e. The first kappa shape index (κ1) is 17.9. The first-order chi connectivity index (χ1) is 11.5. The zero-order valence-corrected chi connectivity index (χ0v) is 13.6. The second-order valence-electron chi connectivity index (χ2n) is 5.67. The van der Waals surface area contributed by atoms with Crippen molar-refractivity contribution in [3.8, 4) is 0 Å². The molecule has 2 atom stereocenters. The van der Waals surface area contributed by atoms with Crippen molar-refractivity contribution in [3.05, 3.63) is 51.7 Å². The van der Waals surface area contributed by atoms with Crippen molar-refractivity contribution in [1.82, 2.24) is 5.32 Å². The van der Waals surface area contributed by atoms with Gasteiger partial charge in [0.05, 0.1) is 23.7 Å². The molecule has 2 N–H and O–H groups in total. The van der Waals surface area contributed by atoms with E-state index in [0.29, 0.717) is 18.4 Å². The molecule has 1 unspecified atom stereocenters. The number of benzene rings is 1. The Morgan fingerprint density at radius 1 is 1.33 bits per heavy atom. The minimum Gasteiger partial charge on any atom is -0.458 e. The van der Waals surface area contributed by atoms with Crippen molar-refractivity contribution in [2.75, 3.05) is 6.61 Å². The Bertz CT molecular complexity index is 615. The molecule has 0 spiro atoms. The van der Waals surface area contributed by atoms with Gasteiger partial charge in [-0.1, -0.05) is 43.2 Å². The number of nitro groups is 1. The summed E-state index contributed by atoms with van der Waals surface area (Å²) in [6, 6.07) is 8.28. The molecule has 0 aromatic heterocycles. The fourth-order valence-electron chi connectivity index (χ4n) is 2.83. The highest BCUT2D eigenvalue weighted by atomic mass is 16.6. The van der Waals surface area contributed by atoms with Crippen LogP contribution in [0.3, 0.4) is 0 Å². The Labute approximate surface area is 140 Å². The van der Waals surface area contributed by atoms with Crippen LogP contribution in [0, 0.1) is 10.1 Å². The molecule has 0 aliphatic heterocycles. The van der Waals surface area contributed by atoms with Crippen LogP contribution in [0.2, 0.25) is 0 Å². The molecule has 0 heterocycles. The summed E-state index contributed by atoms with van der Waals surface area (Å²) in [5.74, 6) is -0.987. The number of carbonyl (C=O) groups excluding carboxylic acids is 1. The van der Waals surface area contributed by atoms with Gasteiger partial charge in [-0.05, 0) is 19.8 Å². The topological polar surface area (TPSA) is 102 Å². The Balaban J connectivity index is 2.46. The SMILES string of the molecule is CCOC(=O)/C(=C(\NC1CCCC[C@H]1O)c1ccccc1)[N+](=O)[O-]. The van der Waals surface area contributed by atoms with Gasteiger partial charge in [0.15, 0.2) is 0 Å². The molecule has 0 radical (unpaired) electrons. The Morgan fingerprint density at radius 3 is 2.58 bits per heavy atom. The van der Waals surface area contributed by atoms with Gasteiger partial charge in [-0.25, -0.2) is 4.79 Å². The van der Waals surface area contributed by atoms with E-state index in [1.54, 1.807) is 37.3 Å². The third-order valence-corrected chi connectivity index (χ3v) is 4.01. The summed E-state index contributed by atoms with van der Waals surface area (Å²) in [4.78, 5) is 22.9. The average molecular weight is 334 g/mol. The highest BCUT2D eigenvalue weighted by Gasteiger charge is 2.33. The maximum atomic E-state index is 12.1. The number of nitrogens with one attached hydrogen (secondary N) is 1. The number of hydrogen-bond donors (Lipinski definition) is 2. The van der Waals surface area contributed by atoms with E-state index in [-0.39, 0.29) is 18.3 Å². The van der Waals surface area contributed by atoms with Crippen molar-refractivity contribution in [2.45, 2.75) is 44.8 Å². The van der Waals surface area contributed by atoms with Crippen molar-refractivity contribution < 1.29 is 19.6 Å². The third kappa shape index (κ3) is 4.32. The summed E-state index contributed by atoms with van der Waals surface area (Å²) in [5.41, 5.74) is -0.0409. The minimum absolute atomic E-state index is 0.0459. The molecule has 2 rings (SSSR count). The lowest BCUT2D eigenvalue weighted by molar-refractivity contribution is -0.420. The normalized spacial score (nSPS) is 21.6. The Kier molecular flexibility index (Phi) is 6.31. The Morgan fingerprint density at radius 2 is 2.00 bits per heavy atom. The number of aliphatic hydroxyl groups excluding tert-OH is 1. The minimum atomic E-state index is -0.987. The predicted octanol–water partition coefficient (Wildman–Crippen LogP) is 2.09. The van der Waals surface area contributed by atoms with E-state index < -0.39 is 22.7 Å². The van der Waals surface area contributed by atoms with Crippen molar-refractivity contribution >= 4 is 11.7 Å². The van der Waals surface area contributed by atoms with Crippen LogP contribution in [0.15, 0.2) is 36.0 Å². The number of hydrogen-bond acceptors (Lipinski definition) is 6. The van der Waals surface area contributed by atoms with Crippen LogP contribution >= 0.6 is 0 Å². The molecule has 0 amide bonds. The van der Waals surface area contributed by atoms with Crippen LogP contribution in [-0.4, -0.2) is 34.8 Å². The highest BCUT2D eigenvalue weighted by molar-refractivity contribution is 5.94.